The minimum atomic E-state index is -0.362. The first-order chi connectivity index (χ1) is 7.41. The topological polar surface area (TPSA) is 72.9 Å². The Balaban J connectivity index is 2.76. The molecule has 0 fully saturated rings. The van der Waals surface area contributed by atoms with E-state index in [2.05, 4.69) is 55.5 Å². The molecule has 1 aromatic rings. The van der Waals surface area contributed by atoms with Crippen molar-refractivity contribution in [2.45, 2.75) is 32.5 Å². The molecule has 0 bridgehead atoms. The molecule has 1 aromatic heterocycles. The fraction of sp³-hybridized carbons (Fsp3) is 0.556. The number of aromatic nitrogens is 2. The first-order valence-electron chi connectivity index (χ1n) is 4.83. The number of nitrogens with two attached hydrogens (primary N) is 1. The van der Waals surface area contributed by atoms with Gasteiger partial charge in [-0.3, -0.25) is 4.79 Å². The van der Waals surface area contributed by atoms with Gasteiger partial charge in [0.15, 0.2) is 0 Å². The number of nitrogens with one attached hydrogen (secondary N) is 1. The second-order valence-electron chi connectivity index (χ2n) is 3.75. The molecule has 0 aromatic carbocycles. The highest BCUT2D eigenvalue weighted by atomic mass is 127. The normalized spacial score (nSPS) is 13.1. The third kappa shape index (κ3) is 3.84. The third-order valence-electron chi connectivity index (χ3n) is 1.99. The van der Waals surface area contributed by atoms with Gasteiger partial charge in [-0.25, -0.2) is 4.98 Å². The summed E-state index contributed by atoms with van der Waals surface area (Å²) < 4.78 is 3.88. The molecule has 5 nitrogen and oxygen atoms in total. The van der Waals surface area contributed by atoms with Crippen molar-refractivity contribution in [1.82, 2.24) is 14.9 Å². The summed E-state index contributed by atoms with van der Waals surface area (Å²) in [5, 5.41) is 3.14. The Labute approximate surface area is 122 Å². The molecule has 16 heavy (non-hydrogen) atoms. The van der Waals surface area contributed by atoms with Gasteiger partial charge in [0.05, 0.1) is 6.33 Å². The fourth-order valence-corrected chi connectivity index (χ4v) is 2.19. The van der Waals surface area contributed by atoms with E-state index < -0.39 is 0 Å². The van der Waals surface area contributed by atoms with Crippen LogP contribution in [0.25, 0.3) is 0 Å². The first-order valence-corrected chi connectivity index (χ1v) is 6.99. The van der Waals surface area contributed by atoms with E-state index in [4.69, 9.17) is 5.73 Å². The lowest BCUT2D eigenvalue weighted by Gasteiger charge is -2.18. The Kier molecular flexibility index (Phi) is 5.44. The molecule has 1 amide bonds. The first kappa shape index (κ1) is 14.2. The zero-order chi connectivity index (χ0) is 12.3. The van der Waals surface area contributed by atoms with Crippen LogP contribution in [0.3, 0.4) is 0 Å². The van der Waals surface area contributed by atoms with Crippen LogP contribution in [0, 0.1) is 7.40 Å². The highest BCUT2D eigenvalue weighted by molar-refractivity contribution is 14.1. The van der Waals surface area contributed by atoms with Crippen LogP contribution in [-0.4, -0.2) is 27.5 Å². The second kappa shape index (κ2) is 6.15. The number of amides is 1. The van der Waals surface area contributed by atoms with Crippen molar-refractivity contribution in [2.75, 3.05) is 0 Å². The van der Waals surface area contributed by atoms with Crippen molar-refractivity contribution in [2.24, 2.45) is 5.73 Å². The summed E-state index contributed by atoms with van der Waals surface area (Å²) in [6.07, 6.45) is 1.72. The van der Waals surface area contributed by atoms with Crippen LogP contribution in [0.4, 0.5) is 0 Å². The molecule has 0 radical (unpaired) electrons. The number of imidazole rings is 1. The highest BCUT2D eigenvalue weighted by Crippen LogP contribution is 2.13. The molecule has 1 unspecified atom stereocenters. The van der Waals surface area contributed by atoms with Crippen LogP contribution in [0.1, 0.15) is 13.8 Å². The van der Waals surface area contributed by atoms with E-state index in [1.165, 1.54) is 0 Å². The molecule has 3 N–H and O–H groups in total. The van der Waals surface area contributed by atoms with Crippen molar-refractivity contribution in [3.05, 3.63) is 13.7 Å². The quantitative estimate of drug-likeness (QED) is 0.660. The molecule has 7 heteroatoms. The van der Waals surface area contributed by atoms with Gasteiger partial charge in [0.25, 0.3) is 0 Å². The molecule has 0 saturated carbocycles. The number of carbonyl (C=O) groups is 1. The maximum absolute atomic E-state index is 11.3. The Morgan fingerprint density at radius 1 is 1.62 bits per heavy atom. The van der Waals surface area contributed by atoms with Crippen molar-refractivity contribution in [3.8, 4) is 0 Å². The van der Waals surface area contributed by atoms with Crippen LogP contribution in [0.15, 0.2) is 6.33 Å². The van der Waals surface area contributed by atoms with E-state index in [1.807, 2.05) is 18.4 Å². The molecule has 0 aliphatic rings. The number of carbonyl (C=O) groups excluding carboxylic acids is 1. The van der Waals surface area contributed by atoms with Gasteiger partial charge in [-0.15, -0.1) is 0 Å². The van der Waals surface area contributed by atoms with Gasteiger partial charge in [0.1, 0.15) is 13.4 Å². The molecule has 0 saturated heterocycles. The Bertz CT molecular complexity index is 378. The number of primary amides is 1. The summed E-state index contributed by atoms with van der Waals surface area (Å²) in [6, 6.07) is -0.142. The van der Waals surface area contributed by atoms with E-state index >= 15 is 0 Å². The summed E-state index contributed by atoms with van der Waals surface area (Å²) in [5.41, 5.74) is 5.35. The highest BCUT2D eigenvalue weighted by Gasteiger charge is 2.18. The smallest absolute Gasteiger partial charge is 0.236 e. The van der Waals surface area contributed by atoms with Gasteiger partial charge in [0.2, 0.25) is 5.91 Å². The Hall–Kier alpha value is 0.1000. The average molecular weight is 448 g/mol. The predicted octanol–water partition coefficient (Wildman–Crippen LogP) is 0.944. The lowest BCUT2D eigenvalue weighted by atomic mass is 10.2. The SMILES string of the molecule is CC(C)NC(Cn1cnc(I)c1I)C(N)=O. The van der Waals surface area contributed by atoms with Crippen molar-refractivity contribution >= 4 is 51.1 Å². The van der Waals surface area contributed by atoms with Gasteiger partial charge in [-0.2, -0.15) is 0 Å². The Morgan fingerprint density at radius 2 is 2.25 bits per heavy atom. The fourth-order valence-electron chi connectivity index (χ4n) is 1.29. The Morgan fingerprint density at radius 3 is 2.62 bits per heavy atom. The number of nitrogens with zero attached hydrogens (tertiary/aromatic N) is 2. The summed E-state index contributed by atoms with van der Waals surface area (Å²) in [7, 11) is 0. The van der Waals surface area contributed by atoms with E-state index in [9.17, 15) is 4.79 Å². The van der Waals surface area contributed by atoms with Crippen LogP contribution < -0.4 is 11.1 Å². The maximum atomic E-state index is 11.3. The van der Waals surface area contributed by atoms with E-state index in [-0.39, 0.29) is 18.0 Å². The standard InChI is InChI=1S/C9H14I2N4O/c1-5(2)14-6(9(12)16)3-15-4-13-7(10)8(15)11/h4-6,14H,3H2,1-2H3,(H2,12,16). The molecule has 0 spiro atoms. The number of hydrogen-bond donors (Lipinski definition) is 2. The van der Waals surface area contributed by atoms with Crippen molar-refractivity contribution in [1.29, 1.82) is 0 Å². The molecule has 0 aliphatic heterocycles. The predicted molar refractivity (Wildman–Crippen MR) is 78.9 cm³/mol. The van der Waals surface area contributed by atoms with Crippen LogP contribution in [0.2, 0.25) is 0 Å². The van der Waals surface area contributed by atoms with Crippen molar-refractivity contribution in [3.63, 3.8) is 0 Å². The largest absolute Gasteiger partial charge is 0.368 e. The van der Waals surface area contributed by atoms with Crippen LogP contribution in [0.5, 0.6) is 0 Å². The average Bonchev–Trinajstić information content (AvgIpc) is 2.47. The van der Waals surface area contributed by atoms with Crippen LogP contribution >= 0.6 is 45.2 Å². The molecular formula is C9H14I2N4O. The molecule has 1 atom stereocenters. The van der Waals surface area contributed by atoms with E-state index in [0.29, 0.717) is 6.54 Å². The van der Waals surface area contributed by atoms with Gasteiger partial charge < -0.3 is 15.6 Å². The third-order valence-corrected chi connectivity index (χ3v) is 4.94. The van der Waals surface area contributed by atoms with E-state index in [0.717, 1.165) is 7.40 Å². The van der Waals surface area contributed by atoms with Gasteiger partial charge >= 0.3 is 0 Å². The number of rotatable bonds is 5. The molecule has 1 heterocycles. The summed E-state index contributed by atoms with van der Waals surface area (Å²) in [6.45, 7) is 4.49. The van der Waals surface area contributed by atoms with Gasteiger partial charge in [-0.05, 0) is 45.2 Å². The summed E-state index contributed by atoms with van der Waals surface area (Å²) in [4.78, 5) is 15.4. The minimum absolute atomic E-state index is 0.220. The monoisotopic (exact) mass is 448 g/mol. The number of hydrogen-bond acceptors (Lipinski definition) is 3. The van der Waals surface area contributed by atoms with Gasteiger partial charge in [-0.1, -0.05) is 13.8 Å². The lowest BCUT2D eigenvalue weighted by Crippen LogP contribution is -2.47. The zero-order valence-electron chi connectivity index (χ0n) is 9.08. The van der Waals surface area contributed by atoms with E-state index in [1.54, 1.807) is 6.33 Å². The molecule has 90 valence electrons. The summed E-state index contributed by atoms with van der Waals surface area (Å²) >= 11 is 4.36. The minimum Gasteiger partial charge on any atom is -0.368 e. The molecule has 0 aliphatic carbocycles. The maximum Gasteiger partial charge on any atom is 0.236 e. The summed E-state index contributed by atoms with van der Waals surface area (Å²) in [5.74, 6) is -0.340. The van der Waals surface area contributed by atoms with Gasteiger partial charge in [0, 0.05) is 12.6 Å². The molecule has 1 rings (SSSR count). The molecular weight excluding hydrogens is 434 g/mol. The van der Waals surface area contributed by atoms with Crippen molar-refractivity contribution < 1.29 is 4.79 Å². The zero-order valence-corrected chi connectivity index (χ0v) is 13.4. The lowest BCUT2D eigenvalue weighted by molar-refractivity contribution is -0.120. The van der Waals surface area contributed by atoms with Crippen LogP contribution in [-0.2, 0) is 11.3 Å². The number of halogens is 2. The second-order valence-corrected chi connectivity index (χ2v) is 5.80.